The smallest absolute Gasteiger partial charge is 0.219 e. The van der Waals surface area contributed by atoms with Gasteiger partial charge in [-0.25, -0.2) is 9.97 Å². The number of nitrogens with zero attached hydrogens (tertiary/aromatic N) is 5. The van der Waals surface area contributed by atoms with Gasteiger partial charge in [0.1, 0.15) is 18.2 Å². The van der Waals surface area contributed by atoms with Crippen molar-refractivity contribution in [3.8, 4) is 11.8 Å². The van der Waals surface area contributed by atoms with E-state index in [1.54, 1.807) is 6.92 Å². The zero-order chi connectivity index (χ0) is 19.9. The van der Waals surface area contributed by atoms with Crippen LogP contribution in [-0.2, 0) is 9.53 Å². The van der Waals surface area contributed by atoms with Gasteiger partial charge in [0.15, 0.2) is 0 Å². The quantitative estimate of drug-likeness (QED) is 0.727. The molecule has 0 radical (unpaired) electrons. The van der Waals surface area contributed by atoms with E-state index in [0.717, 1.165) is 76.0 Å². The molecule has 0 aliphatic carbocycles. The molecule has 0 spiro atoms. The van der Waals surface area contributed by atoms with E-state index in [1.807, 2.05) is 18.7 Å². The second-order valence-corrected chi connectivity index (χ2v) is 7.55. The number of ether oxygens (including phenoxy) is 1. The highest BCUT2D eigenvalue weighted by molar-refractivity contribution is 5.73. The molecule has 1 amide bonds. The molecule has 2 aliphatic rings. The van der Waals surface area contributed by atoms with Crippen LogP contribution in [0.15, 0.2) is 6.07 Å². The normalized spacial score (nSPS) is 18.7. The Kier molecular flexibility index (Phi) is 7.24. The van der Waals surface area contributed by atoms with Crippen LogP contribution in [0.25, 0.3) is 0 Å². The predicted octanol–water partition coefficient (Wildman–Crippen LogP) is 1.25. The van der Waals surface area contributed by atoms with Crippen LogP contribution in [0.3, 0.4) is 0 Å². The van der Waals surface area contributed by atoms with Crippen LogP contribution >= 0.6 is 0 Å². The van der Waals surface area contributed by atoms with E-state index >= 15 is 0 Å². The number of carbonyl (C=O) groups excluding carboxylic acids is 1. The highest BCUT2D eigenvalue weighted by atomic mass is 16.5. The highest BCUT2D eigenvalue weighted by Crippen LogP contribution is 2.20. The Bertz CT molecular complexity index is 706. The van der Waals surface area contributed by atoms with Gasteiger partial charge in [-0.2, -0.15) is 0 Å². The minimum absolute atomic E-state index is 0.162. The molecule has 28 heavy (non-hydrogen) atoms. The largest absolute Gasteiger partial charge is 0.365 e. The van der Waals surface area contributed by atoms with E-state index in [0.29, 0.717) is 6.61 Å². The average molecular weight is 386 g/mol. The van der Waals surface area contributed by atoms with Crippen LogP contribution in [-0.4, -0.2) is 84.2 Å². The van der Waals surface area contributed by atoms with Crippen LogP contribution in [0.2, 0.25) is 0 Å². The third-order valence-corrected chi connectivity index (χ3v) is 5.35. The maximum absolute atomic E-state index is 11.3. The summed E-state index contributed by atoms with van der Waals surface area (Å²) in [6, 6.07) is 2.05. The summed E-state index contributed by atoms with van der Waals surface area (Å²) < 4.78 is 5.95. The summed E-state index contributed by atoms with van der Waals surface area (Å²) in [5.74, 6) is 8.36. The SMILES string of the molecule is CC(=O)N1CCN(CC#CCOC2CCN(c3cc(C)nc(C)n3)CC2)CC1. The fourth-order valence-corrected chi connectivity index (χ4v) is 3.71. The van der Waals surface area contributed by atoms with Crippen LogP contribution in [0.5, 0.6) is 0 Å². The fraction of sp³-hybridized carbons (Fsp3) is 0.667. The molecule has 0 atom stereocenters. The van der Waals surface area contributed by atoms with E-state index in [2.05, 4.69) is 37.7 Å². The van der Waals surface area contributed by atoms with Crippen molar-refractivity contribution >= 4 is 11.7 Å². The maximum atomic E-state index is 11.3. The first-order valence-corrected chi connectivity index (χ1v) is 10.1. The molecule has 1 aromatic heterocycles. The first-order valence-electron chi connectivity index (χ1n) is 10.1. The van der Waals surface area contributed by atoms with Crippen molar-refractivity contribution in [2.24, 2.45) is 0 Å². The summed E-state index contributed by atoms with van der Waals surface area (Å²) in [4.78, 5) is 26.7. The van der Waals surface area contributed by atoms with Crippen LogP contribution in [0.4, 0.5) is 5.82 Å². The lowest BCUT2D eigenvalue weighted by Crippen LogP contribution is -2.47. The Balaban J connectivity index is 1.33. The van der Waals surface area contributed by atoms with Gasteiger partial charge >= 0.3 is 0 Å². The van der Waals surface area contributed by atoms with Gasteiger partial charge in [-0.15, -0.1) is 0 Å². The topological polar surface area (TPSA) is 61.8 Å². The van der Waals surface area contributed by atoms with Gasteiger partial charge in [0.2, 0.25) is 5.91 Å². The molecule has 1 aromatic rings. The van der Waals surface area contributed by atoms with Crippen molar-refractivity contribution < 1.29 is 9.53 Å². The molecule has 0 N–H and O–H groups in total. The number of anilines is 1. The van der Waals surface area contributed by atoms with Crippen molar-refractivity contribution in [1.82, 2.24) is 19.8 Å². The number of piperazine rings is 1. The van der Waals surface area contributed by atoms with Crippen molar-refractivity contribution in [1.29, 1.82) is 0 Å². The summed E-state index contributed by atoms with van der Waals surface area (Å²) in [6.07, 6.45) is 2.27. The van der Waals surface area contributed by atoms with Crippen LogP contribution in [0.1, 0.15) is 31.3 Å². The molecule has 2 saturated heterocycles. The molecule has 0 unspecified atom stereocenters. The van der Waals surface area contributed by atoms with Gasteiger partial charge in [0.25, 0.3) is 0 Å². The highest BCUT2D eigenvalue weighted by Gasteiger charge is 2.21. The molecule has 7 heteroatoms. The third-order valence-electron chi connectivity index (χ3n) is 5.35. The fourth-order valence-electron chi connectivity index (χ4n) is 3.71. The van der Waals surface area contributed by atoms with Gasteiger partial charge < -0.3 is 14.5 Å². The number of rotatable bonds is 4. The Morgan fingerprint density at radius 3 is 2.46 bits per heavy atom. The van der Waals surface area contributed by atoms with Crippen molar-refractivity contribution in [3.05, 3.63) is 17.6 Å². The van der Waals surface area contributed by atoms with Crippen LogP contribution < -0.4 is 4.90 Å². The Labute approximate surface area is 168 Å². The van der Waals surface area contributed by atoms with Gasteiger partial charge in [-0.1, -0.05) is 11.8 Å². The minimum Gasteiger partial charge on any atom is -0.365 e. The molecule has 2 fully saturated rings. The molecule has 152 valence electrons. The van der Waals surface area contributed by atoms with Gasteiger partial charge in [-0.3, -0.25) is 9.69 Å². The monoisotopic (exact) mass is 385 g/mol. The van der Waals surface area contributed by atoms with Gasteiger partial charge in [-0.05, 0) is 26.7 Å². The molecular formula is C21H31N5O2. The molecule has 3 rings (SSSR count). The summed E-state index contributed by atoms with van der Waals surface area (Å²) >= 11 is 0. The van der Waals surface area contributed by atoms with E-state index in [4.69, 9.17) is 4.74 Å². The number of hydrogen-bond donors (Lipinski definition) is 0. The average Bonchev–Trinajstić information content (AvgIpc) is 2.68. The summed E-state index contributed by atoms with van der Waals surface area (Å²) in [5.41, 5.74) is 1.01. The lowest BCUT2D eigenvalue weighted by atomic mass is 10.1. The first-order chi connectivity index (χ1) is 13.5. The predicted molar refractivity (Wildman–Crippen MR) is 109 cm³/mol. The van der Waals surface area contributed by atoms with E-state index < -0.39 is 0 Å². The Hall–Kier alpha value is -2.17. The standard InChI is InChI=1S/C21H31N5O2/c1-17-16-21(23-18(2)22-17)26-9-6-20(7-10-26)28-15-5-4-8-24-11-13-25(14-12-24)19(3)27/h16,20H,6-15H2,1-3H3. The number of aryl methyl sites for hydroxylation is 2. The second kappa shape index (κ2) is 9.85. The molecule has 0 aromatic carbocycles. The molecule has 3 heterocycles. The van der Waals surface area contributed by atoms with Gasteiger partial charge in [0, 0.05) is 58.0 Å². The summed E-state index contributed by atoms with van der Waals surface area (Å²) in [5, 5.41) is 0. The molecular weight excluding hydrogens is 354 g/mol. The van der Waals surface area contributed by atoms with Crippen molar-refractivity contribution in [2.45, 2.75) is 39.7 Å². The number of hydrogen-bond acceptors (Lipinski definition) is 6. The van der Waals surface area contributed by atoms with E-state index in [1.165, 1.54) is 0 Å². The van der Waals surface area contributed by atoms with E-state index in [-0.39, 0.29) is 12.0 Å². The number of aromatic nitrogens is 2. The summed E-state index contributed by atoms with van der Waals surface area (Å²) in [6.45, 7) is 12.1. The second-order valence-electron chi connectivity index (χ2n) is 7.55. The number of carbonyl (C=O) groups is 1. The minimum atomic E-state index is 0.162. The lowest BCUT2D eigenvalue weighted by molar-refractivity contribution is -0.130. The zero-order valence-electron chi connectivity index (χ0n) is 17.3. The summed E-state index contributed by atoms with van der Waals surface area (Å²) in [7, 11) is 0. The first kappa shape index (κ1) is 20.6. The molecule has 0 saturated carbocycles. The van der Waals surface area contributed by atoms with Crippen molar-refractivity contribution in [3.63, 3.8) is 0 Å². The van der Waals surface area contributed by atoms with Crippen molar-refractivity contribution in [2.75, 3.05) is 57.3 Å². The Morgan fingerprint density at radius 2 is 1.82 bits per heavy atom. The molecule has 2 aliphatic heterocycles. The molecule has 0 bridgehead atoms. The molecule has 7 nitrogen and oxygen atoms in total. The maximum Gasteiger partial charge on any atom is 0.219 e. The van der Waals surface area contributed by atoms with E-state index in [9.17, 15) is 4.79 Å². The number of amides is 1. The lowest BCUT2D eigenvalue weighted by Gasteiger charge is -2.33. The number of piperidine rings is 1. The van der Waals surface area contributed by atoms with Gasteiger partial charge in [0.05, 0.1) is 12.6 Å². The third kappa shape index (κ3) is 5.91. The Morgan fingerprint density at radius 1 is 1.11 bits per heavy atom. The van der Waals surface area contributed by atoms with Crippen LogP contribution in [0, 0.1) is 25.7 Å². The zero-order valence-corrected chi connectivity index (χ0v) is 17.3.